The van der Waals surface area contributed by atoms with Crippen molar-refractivity contribution in [2.75, 3.05) is 11.5 Å². The first kappa shape index (κ1) is 20.9. The molecule has 2 heterocycles. The molecule has 2 aromatic rings. The Kier molecular flexibility index (Phi) is 8.04. The lowest BCUT2D eigenvalue weighted by Gasteiger charge is -2.13. The van der Waals surface area contributed by atoms with Crippen LogP contribution >= 0.6 is 11.8 Å². The fraction of sp³-hybridized carbons (Fsp3) is 0.615. The van der Waals surface area contributed by atoms with Gasteiger partial charge in [-0.2, -0.15) is 11.8 Å². The monoisotopic (exact) mass is 410 g/mol. The lowest BCUT2D eigenvalue weighted by molar-refractivity contribution is -0.697. The first-order valence-electron chi connectivity index (χ1n) is 12.0. The molecule has 0 aromatic carbocycles. The summed E-state index contributed by atoms with van der Waals surface area (Å²) in [6, 6.07) is 4.73. The van der Waals surface area contributed by atoms with Crippen LogP contribution in [0.25, 0.3) is 0 Å². The van der Waals surface area contributed by atoms with Crippen LogP contribution in [-0.4, -0.2) is 11.5 Å². The highest BCUT2D eigenvalue weighted by Gasteiger charge is 2.14. The molecule has 156 valence electrons. The third kappa shape index (κ3) is 6.31. The molecular formula is C26H38N2S+2. The van der Waals surface area contributed by atoms with Crippen LogP contribution in [0.4, 0.5) is 0 Å². The van der Waals surface area contributed by atoms with Gasteiger partial charge >= 0.3 is 0 Å². The molecule has 2 nitrogen and oxygen atoms in total. The summed E-state index contributed by atoms with van der Waals surface area (Å²) in [5, 5.41) is 0. The van der Waals surface area contributed by atoms with Crippen molar-refractivity contribution in [1.29, 1.82) is 0 Å². The molecule has 0 N–H and O–H groups in total. The zero-order valence-corrected chi connectivity index (χ0v) is 18.9. The SMILES string of the molecule is c1c[n+](CCCCSCCCC[n+]2ccc3c(c2)CCCC3)cc2c1CCCC2. The molecular weight excluding hydrogens is 372 g/mol. The Morgan fingerprint density at radius 1 is 0.586 bits per heavy atom. The van der Waals surface area contributed by atoms with E-state index >= 15 is 0 Å². The van der Waals surface area contributed by atoms with Gasteiger partial charge in [0.25, 0.3) is 0 Å². The van der Waals surface area contributed by atoms with E-state index in [0.29, 0.717) is 0 Å². The molecule has 0 radical (unpaired) electrons. The number of thioether (sulfide) groups is 1. The highest BCUT2D eigenvalue weighted by Crippen LogP contribution is 2.20. The van der Waals surface area contributed by atoms with Crippen molar-refractivity contribution in [2.45, 2.75) is 90.1 Å². The van der Waals surface area contributed by atoms with Crippen LogP contribution in [-0.2, 0) is 38.8 Å². The maximum atomic E-state index is 2.42. The van der Waals surface area contributed by atoms with Gasteiger partial charge in [-0.1, -0.05) is 0 Å². The van der Waals surface area contributed by atoms with Crippen molar-refractivity contribution < 1.29 is 9.13 Å². The standard InChI is InChI=1S/C26H38N2S/c1-3-11-25-21-27(17-13-23(25)9-1)15-5-7-19-29-20-8-6-16-28-18-14-24-10-2-4-12-26(24)22-28/h13-14,17-18,21-22H,1-12,15-16,19-20H2/q+2. The van der Waals surface area contributed by atoms with Crippen LogP contribution < -0.4 is 9.13 Å². The van der Waals surface area contributed by atoms with Crippen LogP contribution in [0.15, 0.2) is 36.9 Å². The van der Waals surface area contributed by atoms with Gasteiger partial charge in [-0.15, -0.1) is 0 Å². The number of nitrogens with zero attached hydrogens (tertiary/aromatic N) is 2. The molecule has 0 amide bonds. The van der Waals surface area contributed by atoms with E-state index < -0.39 is 0 Å². The van der Waals surface area contributed by atoms with E-state index in [1.54, 1.807) is 22.3 Å². The second-order valence-corrected chi connectivity index (χ2v) is 10.1. The van der Waals surface area contributed by atoms with E-state index in [2.05, 4.69) is 57.8 Å². The van der Waals surface area contributed by atoms with Crippen molar-refractivity contribution in [3.63, 3.8) is 0 Å². The van der Waals surface area contributed by atoms with Crippen LogP contribution in [0.3, 0.4) is 0 Å². The minimum Gasteiger partial charge on any atom is -0.205 e. The summed E-state index contributed by atoms with van der Waals surface area (Å²) in [5.41, 5.74) is 6.39. The Hall–Kier alpha value is -1.35. The maximum Gasteiger partial charge on any atom is 0.172 e. The van der Waals surface area contributed by atoms with E-state index in [1.165, 1.54) is 102 Å². The van der Waals surface area contributed by atoms with E-state index in [-0.39, 0.29) is 0 Å². The quantitative estimate of drug-likeness (QED) is 0.394. The smallest absolute Gasteiger partial charge is 0.172 e. The normalized spacial score (nSPS) is 15.7. The Labute approximate surface area is 181 Å². The summed E-state index contributed by atoms with van der Waals surface area (Å²) in [6.07, 6.45) is 25.4. The first-order chi connectivity index (χ1) is 14.4. The molecule has 2 aliphatic rings. The van der Waals surface area contributed by atoms with Gasteiger partial charge in [0.15, 0.2) is 24.8 Å². The number of pyridine rings is 2. The van der Waals surface area contributed by atoms with Crippen molar-refractivity contribution in [1.82, 2.24) is 0 Å². The number of rotatable bonds is 10. The van der Waals surface area contributed by atoms with Gasteiger partial charge in [-0.05, 0) is 86.8 Å². The number of unbranched alkanes of at least 4 members (excludes halogenated alkanes) is 2. The van der Waals surface area contributed by atoms with Crippen molar-refractivity contribution in [3.05, 3.63) is 59.2 Å². The molecule has 0 bridgehead atoms. The second-order valence-electron chi connectivity index (χ2n) is 8.91. The largest absolute Gasteiger partial charge is 0.205 e. The van der Waals surface area contributed by atoms with Crippen molar-refractivity contribution >= 4 is 11.8 Å². The summed E-state index contributed by atoms with van der Waals surface area (Å²) >= 11 is 2.15. The molecule has 0 atom stereocenters. The third-order valence-corrected chi connectivity index (χ3v) is 7.75. The highest BCUT2D eigenvalue weighted by atomic mass is 32.2. The lowest BCUT2D eigenvalue weighted by Crippen LogP contribution is -2.34. The average Bonchev–Trinajstić information content (AvgIpc) is 2.77. The van der Waals surface area contributed by atoms with Gasteiger partial charge in [-0.3, -0.25) is 0 Å². The second kappa shape index (κ2) is 11.2. The van der Waals surface area contributed by atoms with Crippen LogP contribution in [0.1, 0.15) is 73.6 Å². The van der Waals surface area contributed by atoms with Crippen LogP contribution in [0.5, 0.6) is 0 Å². The summed E-state index contributed by atoms with van der Waals surface area (Å²) in [5.74, 6) is 2.63. The van der Waals surface area contributed by atoms with Gasteiger partial charge in [0, 0.05) is 36.1 Å². The zero-order valence-electron chi connectivity index (χ0n) is 18.1. The molecule has 4 rings (SSSR count). The Morgan fingerprint density at radius 3 is 1.52 bits per heavy atom. The molecule has 2 aromatic heterocycles. The highest BCUT2D eigenvalue weighted by molar-refractivity contribution is 7.99. The molecule has 0 fully saturated rings. The topological polar surface area (TPSA) is 7.76 Å². The molecule has 2 aliphatic carbocycles. The van der Waals surface area contributed by atoms with Crippen LogP contribution in [0, 0.1) is 0 Å². The summed E-state index contributed by atoms with van der Waals surface area (Å²) in [7, 11) is 0. The molecule has 0 unspecified atom stereocenters. The first-order valence-corrected chi connectivity index (χ1v) is 13.1. The van der Waals surface area contributed by atoms with Crippen molar-refractivity contribution in [2.24, 2.45) is 0 Å². The van der Waals surface area contributed by atoms with E-state index in [4.69, 9.17) is 0 Å². The number of aromatic nitrogens is 2. The Morgan fingerprint density at radius 2 is 1.03 bits per heavy atom. The third-order valence-electron chi connectivity index (χ3n) is 6.60. The number of hydrogen-bond acceptors (Lipinski definition) is 1. The molecule has 0 spiro atoms. The molecule has 29 heavy (non-hydrogen) atoms. The van der Waals surface area contributed by atoms with E-state index in [1.807, 2.05) is 0 Å². The Bertz CT molecular complexity index is 721. The summed E-state index contributed by atoms with van der Waals surface area (Å²) in [4.78, 5) is 0. The van der Waals surface area contributed by atoms with Gasteiger partial charge in [0.1, 0.15) is 13.1 Å². The fourth-order valence-electron chi connectivity index (χ4n) is 4.81. The predicted octanol–water partition coefficient (Wildman–Crippen LogP) is 5.01. The zero-order chi connectivity index (χ0) is 19.7. The molecule has 0 aliphatic heterocycles. The van der Waals surface area contributed by atoms with Gasteiger partial charge < -0.3 is 0 Å². The van der Waals surface area contributed by atoms with Gasteiger partial charge in [-0.25, -0.2) is 9.13 Å². The van der Waals surface area contributed by atoms with E-state index in [9.17, 15) is 0 Å². The lowest BCUT2D eigenvalue weighted by atomic mass is 9.93. The number of fused-ring (bicyclic) bond motifs is 2. The predicted molar refractivity (Wildman–Crippen MR) is 122 cm³/mol. The minimum atomic E-state index is 1.18. The fourth-order valence-corrected chi connectivity index (χ4v) is 5.84. The number of aryl methyl sites for hydroxylation is 6. The summed E-state index contributed by atoms with van der Waals surface area (Å²) < 4.78 is 4.84. The van der Waals surface area contributed by atoms with Gasteiger partial charge in [0.2, 0.25) is 0 Å². The van der Waals surface area contributed by atoms with Crippen LogP contribution in [0.2, 0.25) is 0 Å². The number of hydrogen-bond donors (Lipinski definition) is 0. The van der Waals surface area contributed by atoms with E-state index in [0.717, 1.165) is 0 Å². The maximum absolute atomic E-state index is 2.42. The molecule has 0 saturated carbocycles. The van der Waals surface area contributed by atoms with Gasteiger partial charge in [0.05, 0.1) is 0 Å². The van der Waals surface area contributed by atoms with Crippen molar-refractivity contribution in [3.8, 4) is 0 Å². The average molecular weight is 411 g/mol. The molecule has 0 saturated heterocycles. The molecule has 3 heteroatoms. The minimum absolute atomic E-state index is 1.18. The Balaban J connectivity index is 1.05. The summed E-state index contributed by atoms with van der Waals surface area (Å²) in [6.45, 7) is 2.37.